The van der Waals surface area contributed by atoms with Crippen LogP contribution in [0.5, 0.6) is 0 Å². The van der Waals surface area contributed by atoms with Crippen molar-refractivity contribution in [2.75, 3.05) is 23.7 Å². The first-order valence-corrected chi connectivity index (χ1v) is 8.21. The molecular weight excluding hydrogens is 296 g/mol. The van der Waals surface area contributed by atoms with Gasteiger partial charge in [0.25, 0.3) is 0 Å². The molecule has 2 rings (SSSR count). The van der Waals surface area contributed by atoms with Crippen LogP contribution in [0.25, 0.3) is 0 Å². The molecule has 1 aromatic carbocycles. The minimum Gasteiger partial charge on any atom is -0.370 e. The molecule has 22 heavy (non-hydrogen) atoms. The third-order valence-corrected chi connectivity index (χ3v) is 3.56. The maximum atomic E-state index is 5.98. The van der Waals surface area contributed by atoms with E-state index in [1.165, 1.54) is 18.4 Å². The Morgan fingerprint density at radius 2 is 2.00 bits per heavy atom. The van der Waals surface area contributed by atoms with Crippen LogP contribution in [-0.2, 0) is 6.42 Å². The van der Waals surface area contributed by atoms with Gasteiger partial charge in [0.15, 0.2) is 0 Å². The van der Waals surface area contributed by atoms with Gasteiger partial charge in [0.2, 0.25) is 5.95 Å². The number of anilines is 2. The van der Waals surface area contributed by atoms with Gasteiger partial charge in [-0.15, -0.1) is 0 Å². The topological polar surface area (TPSA) is 49.8 Å². The maximum Gasteiger partial charge on any atom is 0.224 e. The molecule has 0 saturated heterocycles. The summed E-state index contributed by atoms with van der Waals surface area (Å²) >= 11 is 5.98. The van der Waals surface area contributed by atoms with Crippen molar-refractivity contribution in [1.29, 1.82) is 0 Å². The van der Waals surface area contributed by atoms with Crippen molar-refractivity contribution in [1.82, 2.24) is 9.97 Å². The second kappa shape index (κ2) is 9.26. The van der Waals surface area contributed by atoms with Crippen LogP contribution in [0.15, 0.2) is 36.5 Å². The predicted octanol–water partition coefficient (Wildman–Crippen LogP) is 4.39. The summed E-state index contributed by atoms with van der Waals surface area (Å²) < 4.78 is 0. The minimum absolute atomic E-state index is 0.684. The first-order valence-electron chi connectivity index (χ1n) is 7.83. The van der Waals surface area contributed by atoms with Gasteiger partial charge in [-0.2, -0.15) is 4.98 Å². The molecule has 0 amide bonds. The number of hydrogen-bond acceptors (Lipinski definition) is 4. The highest BCUT2D eigenvalue weighted by atomic mass is 35.5. The summed E-state index contributed by atoms with van der Waals surface area (Å²) in [5.74, 6) is 1.53. The Morgan fingerprint density at radius 1 is 1.09 bits per heavy atom. The number of halogens is 1. The van der Waals surface area contributed by atoms with Crippen LogP contribution >= 0.6 is 11.6 Å². The average molecular weight is 319 g/mol. The zero-order valence-corrected chi connectivity index (χ0v) is 13.7. The summed E-state index contributed by atoms with van der Waals surface area (Å²) in [6, 6.07) is 9.81. The molecule has 0 fully saturated rings. The highest BCUT2D eigenvalue weighted by Crippen LogP contribution is 2.12. The van der Waals surface area contributed by atoms with Crippen molar-refractivity contribution >= 4 is 23.4 Å². The van der Waals surface area contributed by atoms with Crippen LogP contribution in [0.2, 0.25) is 5.02 Å². The van der Waals surface area contributed by atoms with Gasteiger partial charge in [-0.25, -0.2) is 4.98 Å². The van der Waals surface area contributed by atoms with E-state index in [1.54, 1.807) is 6.20 Å². The molecule has 1 aromatic heterocycles. The number of aromatic nitrogens is 2. The highest BCUT2D eigenvalue weighted by Gasteiger charge is 1.99. The smallest absolute Gasteiger partial charge is 0.224 e. The summed E-state index contributed by atoms with van der Waals surface area (Å²) in [7, 11) is 0. The molecule has 0 saturated carbocycles. The van der Waals surface area contributed by atoms with Crippen LogP contribution in [0.1, 0.15) is 31.7 Å². The molecule has 1 heterocycles. The Bertz CT molecular complexity index is 574. The molecule has 0 spiro atoms. The summed E-state index contributed by atoms with van der Waals surface area (Å²) in [4.78, 5) is 8.69. The van der Waals surface area contributed by atoms with E-state index in [0.29, 0.717) is 5.95 Å². The second-order valence-corrected chi connectivity index (χ2v) is 5.64. The first kappa shape index (κ1) is 16.6. The molecule has 2 N–H and O–H groups in total. The third kappa shape index (κ3) is 5.90. The van der Waals surface area contributed by atoms with E-state index in [-0.39, 0.29) is 0 Å². The summed E-state index contributed by atoms with van der Waals surface area (Å²) in [6.07, 6.45) is 6.27. The van der Waals surface area contributed by atoms with Crippen molar-refractivity contribution in [3.05, 3.63) is 47.1 Å². The van der Waals surface area contributed by atoms with Gasteiger partial charge >= 0.3 is 0 Å². The van der Waals surface area contributed by atoms with Gasteiger partial charge < -0.3 is 10.6 Å². The van der Waals surface area contributed by atoms with Gasteiger partial charge in [0.05, 0.1) is 0 Å². The van der Waals surface area contributed by atoms with E-state index >= 15 is 0 Å². The normalized spacial score (nSPS) is 10.5. The van der Waals surface area contributed by atoms with E-state index in [2.05, 4.69) is 33.6 Å². The van der Waals surface area contributed by atoms with Crippen LogP contribution in [0, 0.1) is 0 Å². The monoisotopic (exact) mass is 318 g/mol. The highest BCUT2D eigenvalue weighted by molar-refractivity contribution is 6.30. The molecule has 0 aliphatic heterocycles. The van der Waals surface area contributed by atoms with Crippen LogP contribution < -0.4 is 10.6 Å². The zero-order valence-electron chi connectivity index (χ0n) is 13.0. The van der Waals surface area contributed by atoms with Gasteiger partial charge in [-0.1, -0.05) is 43.5 Å². The number of hydrogen-bond donors (Lipinski definition) is 2. The van der Waals surface area contributed by atoms with E-state index < -0.39 is 0 Å². The van der Waals surface area contributed by atoms with Crippen LogP contribution in [0.3, 0.4) is 0 Å². The second-order valence-electron chi connectivity index (χ2n) is 5.21. The fourth-order valence-corrected chi connectivity index (χ4v) is 2.36. The Labute approximate surface area is 137 Å². The number of nitrogens with zero attached hydrogens (tertiary/aromatic N) is 2. The fourth-order valence-electron chi connectivity index (χ4n) is 2.14. The van der Waals surface area contributed by atoms with E-state index in [0.717, 1.165) is 36.8 Å². The van der Waals surface area contributed by atoms with Gasteiger partial charge in [0, 0.05) is 24.3 Å². The summed E-state index contributed by atoms with van der Waals surface area (Å²) in [6.45, 7) is 3.92. The van der Waals surface area contributed by atoms with Gasteiger partial charge in [0.1, 0.15) is 5.82 Å². The Hall–Kier alpha value is -1.81. The lowest BCUT2D eigenvalue weighted by Crippen LogP contribution is -2.09. The number of rotatable bonds is 9. The SMILES string of the molecule is CCCCCNc1nccc(NCCc2cccc(Cl)c2)n1. The molecule has 0 aliphatic carbocycles. The third-order valence-electron chi connectivity index (χ3n) is 3.33. The quantitative estimate of drug-likeness (QED) is 0.673. The molecule has 118 valence electrons. The molecule has 4 nitrogen and oxygen atoms in total. The van der Waals surface area contributed by atoms with Crippen LogP contribution in [0.4, 0.5) is 11.8 Å². The molecule has 0 radical (unpaired) electrons. The molecule has 0 aliphatic rings. The summed E-state index contributed by atoms with van der Waals surface area (Å²) in [5.41, 5.74) is 1.21. The predicted molar refractivity (Wildman–Crippen MR) is 93.7 cm³/mol. The fraction of sp³-hybridized carbons (Fsp3) is 0.412. The molecule has 0 unspecified atom stereocenters. The summed E-state index contributed by atoms with van der Waals surface area (Å²) in [5, 5.41) is 7.35. The number of nitrogens with one attached hydrogen (secondary N) is 2. The van der Waals surface area contributed by atoms with Crippen molar-refractivity contribution in [2.24, 2.45) is 0 Å². The minimum atomic E-state index is 0.684. The van der Waals surface area contributed by atoms with Crippen molar-refractivity contribution < 1.29 is 0 Å². The lowest BCUT2D eigenvalue weighted by Gasteiger charge is -2.08. The molecule has 2 aromatic rings. The number of benzene rings is 1. The molecule has 0 atom stereocenters. The molecular formula is C17H23ClN4. The number of unbranched alkanes of at least 4 members (excludes halogenated alkanes) is 2. The van der Waals surface area contributed by atoms with Crippen molar-refractivity contribution in [3.8, 4) is 0 Å². The zero-order chi connectivity index (χ0) is 15.6. The standard InChI is InChI=1S/C17H23ClN4/c1-2-3-4-10-20-17-21-12-9-16(22-17)19-11-8-14-6-5-7-15(18)13-14/h5-7,9,12-13H,2-4,8,10-11H2,1H3,(H2,19,20,21,22). The van der Waals surface area contributed by atoms with Crippen molar-refractivity contribution in [2.45, 2.75) is 32.6 Å². The Morgan fingerprint density at radius 3 is 2.82 bits per heavy atom. The Kier molecular flexibility index (Phi) is 6.97. The largest absolute Gasteiger partial charge is 0.370 e. The van der Waals surface area contributed by atoms with Gasteiger partial charge in [-0.3, -0.25) is 0 Å². The van der Waals surface area contributed by atoms with Crippen LogP contribution in [-0.4, -0.2) is 23.1 Å². The Balaban J connectivity index is 1.77. The van der Waals surface area contributed by atoms with Crippen molar-refractivity contribution in [3.63, 3.8) is 0 Å². The average Bonchev–Trinajstić information content (AvgIpc) is 2.52. The first-order chi connectivity index (χ1) is 10.8. The lowest BCUT2D eigenvalue weighted by atomic mass is 10.1. The molecule has 0 bridgehead atoms. The van der Waals surface area contributed by atoms with E-state index in [4.69, 9.17) is 11.6 Å². The van der Waals surface area contributed by atoms with E-state index in [1.807, 2.05) is 24.3 Å². The van der Waals surface area contributed by atoms with Gasteiger partial charge in [-0.05, 0) is 36.6 Å². The van der Waals surface area contributed by atoms with E-state index in [9.17, 15) is 0 Å². The lowest BCUT2D eigenvalue weighted by molar-refractivity contribution is 0.740. The molecule has 5 heteroatoms. The maximum absolute atomic E-state index is 5.98.